The molecule has 10 heavy (non-hydrogen) atoms. The molecular formula is C6H3IN2O. The highest BCUT2D eigenvalue weighted by Crippen LogP contribution is 2.15. The molecular weight excluding hydrogens is 243 g/mol. The zero-order valence-electron chi connectivity index (χ0n) is 4.87. The average molecular weight is 246 g/mol. The van der Waals surface area contributed by atoms with Crippen LogP contribution in [0.1, 0.15) is 5.69 Å². The van der Waals surface area contributed by atoms with Crippen molar-refractivity contribution in [3.05, 3.63) is 21.5 Å². The molecule has 0 aliphatic heterocycles. The maximum atomic E-state index is 9.00. The van der Waals surface area contributed by atoms with E-state index in [1.807, 2.05) is 22.6 Å². The van der Waals surface area contributed by atoms with E-state index in [2.05, 4.69) is 4.98 Å². The van der Waals surface area contributed by atoms with Crippen LogP contribution in [0.5, 0.6) is 5.75 Å². The summed E-state index contributed by atoms with van der Waals surface area (Å²) in [6, 6.07) is 3.25. The summed E-state index contributed by atoms with van der Waals surface area (Å²) in [7, 11) is 0. The fraction of sp³-hybridized carbons (Fsp3) is 0. The van der Waals surface area contributed by atoms with Crippen LogP contribution in [0.25, 0.3) is 0 Å². The quantitative estimate of drug-likeness (QED) is 0.701. The van der Waals surface area contributed by atoms with Gasteiger partial charge < -0.3 is 5.11 Å². The summed E-state index contributed by atoms with van der Waals surface area (Å²) in [6.07, 6.45) is 1.53. The highest BCUT2D eigenvalue weighted by atomic mass is 127. The lowest BCUT2D eigenvalue weighted by atomic mass is 10.3. The number of aromatic hydroxyl groups is 1. The van der Waals surface area contributed by atoms with Crippen molar-refractivity contribution >= 4 is 22.6 Å². The molecule has 0 saturated carbocycles. The SMILES string of the molecule is N#Cc1ncc(I)cc1O. The van der Waals surface area contributed by atoms with Crippen molar-refractivity contribution in [2.75, 3.05) is 0 Å². The molecule has 0 radical (unpaired) electrons. The average Bonchev–Trinajstić information content (AvgIpc) is 1.88. The number of pyridine rings is 1. The maximum Gasteiger partial charge on any atom is 0.182 e. The predicted octanol–water partition coefficient (Wildman–Crippen LogP) is 1.26. The van der Waals surface area contributed by atoms with Gasteiger partial charge in [-0.1, -0.05) is 0 Å². The molecule has 0 fully saturated rings. The fourth-order valence-electron chi connectivity index (χ4n) is 0.515. The molecule has 50 valence electrons. The number of halogens is 1. The number of hydrogen-bond acceptors (Lipinski definition) is 3. The van der Waals surface area contributed by atoms with E-state index >= 15 is 0 Å². The molecule has 0 saturated heterocycles. The molecule has 1 aromatic heterocycles. The first-order chi connectivity index (χ1) is 4.74. The highest BCUT2D eigenvalue weighted by molar-refractivity contribution is 14.1. The van der Waals surface area contributed by atoms with Gasteiger partial charge >= 0.3 is 0 Å². The van der Waals surface area contributed by atoms with Gasteiger partial charge in [0.25, 0.3) is 0 Å². The molecule has 1 rings (SSSR count). The number of nitriles is 1. The Balaban J connectivity index is 3.23. The van der Waals surface area contributed by atoms with Crippen LogP contribution < -0.4 is 0 Å². The van der Waals surface area contributed by atoms with E-state index in [1.54, 1.807) is 6.07 Å². The molecule has 0 unspecified atom stereocenters. The van der Waals surface area contributed by atoms with Crippen molar-refractivity contribution < 1.29 is 5.11 Å². The Morgan fingerprint density at radius 2 is 2.40 bits per heavy atom. The van der Waals surface area contributed by atoms with E-state index < -0.39 is 0 Å². The van der Waals surface area contributed by atoms with Gasteiger partial charge in [0.2, 0.25) is 0 Å². The Labute approximate surface area is 71.5 Å². The van der Waals surface area contributed by atoms with Crippen molar-refractivity contribution in [2.45, 2.75) is 0 Å². The molecule has 3 nitrogen and oxygen atoms in total. The summed E-state index contributed by atoms with van der Waals surface area (Å²) in [6.45, 7) is 0. The molecule has 0 atom stereocenters. The molecule has 0 bridgehead atoms. The van der Waals surface area contributed by atoms with Crippen LogP contribution in [-0.2, 0) is 0 Å². The van der Waals surface area contributed by atoms with Gasteiger partial charge in [0.15, 0.2) is 11.4 Å². The van der Waals surface area contributed by atoms with Crippen molar-refractivity contribution in [3.8, 4) is 11.8 Å². The van der Waals surface area contributed by atoms with Crippen molar-refractivity contribution in [1.29, 1.82) is 5.26 Å². The summed E-state index contributed by atoms with van der Waals surface area (Å²) < 4.78 is 0.814. The third-order valence-corrected chi connectivity index (χ3v) is 1.53. The zero-order valence-corrected chi connectivity index (χ0v) is 7.03. The molecule has 1 aromatic rings. The largest absolute Gasteiger partial charge is 0.505 e. The van der Waals surface area contributed by atoms with E-state index in [0.29, 0.717) is 0 Å². The summed E-state index contributed by atoms with van der Waals surface area (Å²) in [5.74, 6) is -0.0607. The first-order valence-electron chi connectivity index (χ1n) is 2.48. The second-order valence-corrected chi connectivity index (χ2v) is 2.88. The third kappa shape index (κ3) is 1.36. The van der Waals surface area contributed by atoms with Gasteiger partial charge in [0.05, 0.1) is 0 Å². The summed E-state index contributed by atoms with van der Waals surface area (Å²) >= 11 is 2.01. The molecule has 1 N–H and O–H groups in total. The number of aromatic nitrogens is 1. The van der Waals surface area contributed by atoms with Gasteiger partial charge in [0, 0.05) is 9.77 Å². The van der Waals surface area contributed by atoms with Gasteiger partial charge in [0.1, 0.15) is 6.07 Å². The molecule has 0 amide bonds. The van der Waals surface area contributed by atoms with Gasteiger partial charge in [-0.2, -0.15) is 5.26 Å². The zero-order chi connectivity index (χ0) is 7.56. The van der Waals surface area contributed by atoms with Crippen LogP contribution in [0, 0.1) is 14.9 Å². The van der Waals surface area contributed by atoms with Crippen LogP contribution in [0.3, 0.4) is 0 Å². The van der Waals surface area contributed by atoms with Crippen LogP contribution in [0.15, 0.2) is 12.3 Å². The normalized spacial score (nSPS) is 8.80. The third-order valence-electron chi connectivity index (χ3n) is 0.940. The predicted molar refractivity (Wildman–Crippen MR) is 43.3 cm³/mol. The van der Waals surface area contributed by atoms with Crippen molar-refractivity contribution in [2.24, 2.45) is 0 Å². The molecule has 0 aromatic carbocycles. The van der Waals surface area contributed by atoms with Gasteiger partial charge in [-0.15, -0.1) is 0 Å². The fourth-order valence-corrected chi connectivity index (χ4v) is 0.949. The molecule has 0 aliphatic rings. The minimum Gasteiger partial charge on any atom is -0.505 e. The Bertz CT molecular complexity index is 292. The van der Waals surface area contributed by atoms with E-state index in [1.165, 1.54) is 12.3 Å². The van der Waals surface area contributed by atoms with Gasteiger partial charge in [-0.3, -0.25) is 0 Å². The van der Waals surface area contributed by atoms with Gasteiger partial charge in [-0.25, -0.2) is 4.98 Å². The van der Waals surface area contributed by atoms with Crippen molar-refractivity contribution in [1.82, 2.24) is 4.98 Å². The summed E-state index contributed by atoms with van der Waals surface area (Å²) in [4.78, 5) is 3.68. The highest BCUT2D eigenvalue weighted by Gasteiger charge is 1.99. The first-order valence-corrected chi connectivity index (χ1v) is 3.56. The Kier molecular flexibility index (Phi) is 2.06. The number of nitrogens with zero attached hydrogens (tertiary/aromatic N) is 2. The lowest BCUT2D eigenvalue weighted by Gasteiger charge is -1.92. The molecule has 0 aliphatic carbocycles. The van der Waals surface area contributed by atoms with E-state index in [4.69, 9.17) is 10.4 Å². The topological polar surface area (TPSA) is 56.9 Å². The smallest absolute Gasteiger partial charge is 0.182 e. The summed E-state index contributed by atoms with van der Waals surface area (Å²) in [5.41, 5.74) is 0.0698. The molecule has 1 heterocycles. The Morgan fingerprint density at radius 1 is 1.70 bits per heavy atom. The Hall–Kier alpha value is -0.830. The van der Waals surface area contributed by atoms with E-state index in [0.717, 1.165) is 3.57 Å². The second kappa shape index (κ2) is 2.84. The Morgan fingerprint density at radius 3 is 2.90 bits per heavy atom. The van der Waals surface area contributed by atoms with Crippen LogP contribution in [0.2, 0.25) is 0 Å². The number of hydrogen-bond donors (Lipinski definition) is 1. The maximum absolute atomic E-state index is 9.00. The monoisotopic (exact) mass is 246 g/mol. The molecule has 4 heteroatoms. The van der Waals surface area contributed by atoms with Crippen LogP contribution in [0.4, 0.5) is 0 Å². The second-order valence-electron chi connectivity index (χ2n) is 1.63. The minimum atomic E-state index is -0.0607. The standard InChI is InChI=1S/C6H3IN2O/c7-4-1-6(10)5(2-8)9-3-4/h1,3,10H. The number of rotatable bonds is 0. The van der Waals surface area contributed by atoms with Crippen LogP contribution in [-0.4, -0.2) is 10.1 Å². The minimum absolute atomic E-state index is 0.0607. The van der Waals surface area contributed by atoms with E-state index in [-0.39, 0.29) is 11.4 Å². The van der Waals surface area contributed by atoms with Crippen molar-refractivity contribution in [3.63, 3.8) is 0 Å². The van der Waals surface area contributed by atoms with Crippen LogP contribution >= 0.6 is 22.6 Å². The lowest BCUT2D eigenvalue weighted by molar-refractivity contribution is 0.470. The lowest BCUT2D eigenvalue weighted by Crippen LogP contribution is -1.83. The van der Waals surface area contributed by atoms with E-state index in [9.17, 15) is 0 Å². The van der Waals surface area contributed by atoms with Gasteiger partial charge in [-0.05, 0) is 28.7 Å². The molecule has 0 spiro atoms. The first kappa shape index (κ1) is 7.28. The summed E-state index contributed by atoms with van der Waals surface area (Å²) in [5, 5.41) is 17.3.